The number of sulfonamides is 1. The molecule has 41 heavy (non-hydrogen) atoms. The predicted molar refractivity (Wildman–Crippen MR) is 164 cm³/mol. The molecule has 0 aliphatic heterocycles. The molecule has 1 fully saturated rings. The third-order valence-corrected chi connectivity index (χ3v) is 9.06. The molecule has 0 unspecified atom stereocenters. The maximum Gasteiger partial charge on any atom is 0.244 e. The number of aryl methyl sites for hydroxylation is 2. The Balaban J connectivity index is 1.74. The van der Waals surface area contributed by atoms with Crippen molar-refractivity contribution in [2.75, 3.05) is 17.1 Å². The summed E-state index contributed by atoms with van der Waals surface area (Å²) < 4.78 is 27.3. The van der Waals surface area contributed by atoms with Crippen molar-refractivity contribution in [3.63, 3.8) is 0 Å². The molecule has 1 saturated carbocycles. The third-order valence-electron chi connectivity index (χ3n) is 7.93. The van der Waals surface area contributed by atoms with Gasteiger partial charge in [0.1, 0.15) is 12.6 Å². The molecular weight excluding hydrogens is 534 g/mol. The number of anilines is 1. The topological polar surface area (TPSA) is 86.8 Å². The number of carbonyl (C=O) groups excluding carboxylic acids is 2. The molecule has 2 amide bonds. The van der Waals surface area contributed by atoms with Crippen molar-refractivity contribution in [3.05, 3.63) is 101 Å². The summed E-state index contributed by atoms with van der Waals surface area (Å²) in [5, 5.41) is 3.20. The summed E-state index contributed by atoms with van der Waals surface area (Å²) in [4.78, 5) is 29.8. The molecule has 0 aromatic heterocycles. The van der Waals surface area contributed by atoms with Crippen molar-refractivity contribution in [1.29, 1.82) is 0 Å². The first kappa shape index (κ1) is 30.3. The van der Waals surface area contributed by atoms with Crippen LogP contribution in [0.2, 0.25) is 0 Å². The average molecular weight is 576 g/mol. The lowest BCUT2D eigenvalue weighted by Gasteiger charge is -2.34. The SMILES string of the molecule is Cc1cccc(CN(C(=O)CN(c2cccc(C)c2C)S(C)(=O)=O)[C@@H](Cc2ccccc2)C(=O)NC2CCCC2)c1. The Kier molecular flexibility index (Phi) is 9.86. The minimum Gasteiger partial charge on any atom is -0.352 e. The van der Waals surface area contributed by atoms with Crippen molar-refractivity contribution < 1.29 is 18.0 Å². The van der Waals surface area contributed by atoms with Gasteiger partial charge in [0.25, 0.3) is 0 Å². The number of nitrogens with zero attached hydrogens (tertiary/aromatic N) is 2. The summed E-state index contributed by atoms with van der Waals surface area (Å²) in [6.45, 7) is 5.52. The number of rotatable bonds is 11. The smallest absolute Gasteiger partial charge is 0.244 e. The Morgan fingerprint density at radius 3 is 2.22 bits per heavy atom. The second kappa shape index (κ2) is 13.3. The van der Waals surface area contributed by atoms with Crippen LogP contribution in [0.5, 0.6) is 0 Å². The van der Waals surface area contributed by atoms with E-state index in [9.17, 15) is 18.0 Å². The molecular formula is C33H41N3O4S. The maximum atomic E-state index is 14.3. The van der Waals surface area contributed by atoms with Gasteiger partial charge in [-0.25, -0.2) is 8.42 Å². The normalized spacial score (nSPS) is 14.4. The fraction of sp³-hybridized carbons (Fsp3) is 0.394. The quantitative estimate of drug-likeness (QED) is 0.346. The number of amides is 2. The molecule has 1 atom stereocenters. The molecule has 0 spiro atoms. The van der Waals surface area contributed by atoms with Crippen LogP contribution >= 0.6 is 0 Å². The summed E-state index contributed by atoms with van der Waals surface area (Å²) >= 11 is 0. The van der Waals surface area contributed by atoms with Gasteiger partial charge in [-0.3, -0.25) is 13.9 Å². The van der Waals surface area contributed by atoms with Gasteiger partial charge in [-0.1, -0.05) is 85.1 Å². The summed E-state index contributed by atoms with van der Waals surface area (Å²) in [5.74, 6) is -0.639. The molecule has 3 aromatic carbocycles. The van der Waals surface area contributed by atoms with E-state index in [-0.39, 0.29) is 18.5 Å². The van der Waals surface area contributed by atoms with Gasteiger partial charge < -0.3 is 10.2 Å². The molecule has 8 heteroatoms. The van der Waals surface area contributed by atoms with Crippen LogP contribution in [0.1, 0.15) is 53.5 Å². The van der Waals surface area contributed by atoms with Gasteiger partial charge in [-0.05, 0) is 61.9 Å². The Labute approximate surface area is 244 Å². The van der Waals surface area contributed by atoms with E-state index in [4.69, 9.17) is 0 Å². The summed E-state index contributed by atoms with van der Waals surface area (Å²) in [6, 6.07) is 22.2. The lowest BCUT2D eigenvalue weighted by atomic mass is 10.0. The van der Waals surface area contributed by atoms with E-state index >= 15 is 0 Å². The van der Waals surface area contributed by atoms with Crippen molar-refractivity contribution in [1.82, 2.24) is 10.2 Å². The number of nitrogens with one attached hydrogen (secondary N) is 1. The summed E-state index contributed by atoms with van der Waals surface area (Å²) in [7, 11) is -3.80. The Morgan fingerprint density at radius 2 is 1.56 bits per heavy atom. The van der Waals surface area contributed by atoms with Crippen LogP contribution in [0.25, 0.3) is 0 Å². The van der Waals surface area contributed by atoms with Crippen molar-refractivity contribution in [2.45, 2.75) is 71.5 Å². The molecule has 1 aliphatic carbocycles. The molecule has 7 nitrogen and oxygen atoms in total. The average Bonchev–Trinajstić information content (AvgIpc) is 3.44. The zero-order valence-corrected chi connectivity index (χ0v) is 25.3. The minimum atomic E-state index is -3.80. The van der Waals surface area contributed by atoms with E-state index in [1.165, 1.54) is 0 Å². The lowest BCUT2D eigenvalue weighted by Crippen LogP contribution is -2.54. The molecule has 0 heterocycles. The van der Waals surface area contributed by atoms with Crippen LogP contribution in [0.4, 0.5) is 5.69 Å². The van der Waals surface area contributed by atoms with E-state index in [1.54, 1.807) is 17.0 Å². The van der Waals surface area contributed by atoms with Gasteiger partial charge in [-0.2, -0.15) is 0 Å². The van der Waals surface area contributed by atoms with E-state index in [1.807, 2.05) is 81.4 Å². The number of hydrogen-bond donors (Lipinski definition) is 1. The number of hydrogen-bond acceptors (Lipinski definition) is 4. The van der Waals surface area contributed by atoms with Crippen LogP contribution in [0, 0.1) is 20.8 Å². The fourth-order valence-electron chi connectivity index (χ4n) is 5.53. The van der Waals surface area contributed by atoms with E-state index in [2.05, 4.69) is 5.32 Å². The maximum absolute atomic E-state index is 14.3. The third kappa shape index (κ3) is 7.97. The van der Waals surface area contributed by atoms with Crippen molar-refractivity contribution in [2.24, 2.45) is 0 Å². The van der Waals surface area contributed by atoms with Gasteiger partial charge in [0, 0.05) is 19.0 Å². The van der Waals surface area contributed by atoms with Gasteiger partial charge in [0.2, 0.25) is 21.8 Å². The van der Waals surface area contributed by atoms with Crippen LogP contribution in [-0.2, 0) is 32.6 Å². The highest BCUT2D eigenvalue weighted by Gasteiger charge is 2.34. The van der Waals surface area contributed by atoms with Crippen LogP contribution in [0.15, 0.2) is 72.8 Å². The number of benzene rings is 3. The molecule has 0 bridgehead atoms. The molecule has 4 rings (SSSR count). The molecule has 0 radical (unpaired) electrons. The molecule has 1 aliphatic rings. The van der Waals surface area contributed by atoms with Crippen LogP contribution in [0.3, 0.4) is 0 Å². The number of carbonyl (C=O) groups is 2. The van der Waals surface area contributed by atoms with Crippen molar-refractivity contribution in [3.8, 4) is 0 Å². The zero-order valence-electron chi connectivity index (χ0n) is 24.5. The molecule has 3 aromatic rings. The van der Waals surface area contributed by atoms with Gasteiger partial charge in [0.15, 0.2) is 0 Å². The summed E-state index contributed by atoms with van der Waals surface area (Å²) in [5.41, 5.74) is 5.02. The van der Waals surface area contributed by atoms with Crippen LogP contribution in [-0.4, -0.2) is 50.0 Å². The minimum absolute atomic E-state index is 0.0826. The van der Waals surface area contributed by atoms with Gasteiger partial charge in [0.05, 0.1) is 11.9 Å². The molecule has 1 N–H and O–H groups in total. The van der Waals surface area contributed by atoms with E-state index < -0.39 is 28.5 Å². The fourth-order valence-corrected chi connectivity index (χ4v) is 6.43. The molecule has 0 saturated heterocycles. The van der Waals surface area contributed by atoms with E-state index in [0.29, 0.717) is 12.1 Å². The van der Waals surface area contributed by atoms with E-state index in [0.717, 1.165) is 64.1 Å². The van der Waals surface area contributed by atoms with Crippen molar-refractivity contribution >= 4 is 27.5 Å². The van der Waals surface area contributed by atoms with Crippen LogP contribution < -0.4 is 9.62 Å². The second-order valence-electron chi connectivity index (χ2n) is 11.2. The Bertz CT molecular complexity index is 1470. The first-order chi connectivity index (χ1) is 19.5. The zero-order chi connectivity index (χ0) is 29.6. The highest BCUT2D eigenvalue weighted by atomic mass is 32.2. The monoisotopic (exact) mass is 575 g/mol. The highest BCUT2D eigenvalue weighted by Crippen LogP contribution is 2.26. The second-order valence-corrected chi connectivity index (χ2v) is 13.1. The highest BCUT2D eigenvalue weighted by molar-refractivity contribution is 7.92. The predicted octanol–water partition coefficient (Wildman–Crippen LogP) is 5.08. The van der Waals surface area contributed by atoms with Gasteiger partial charge >= 0.3 is 0 Å². The standard InChI is InChI=1S/C33H41N3O4S/c1-24-12-10-16-28(20-24)22-35(32(37)23-36(41(4,39)40)30-19-11-13-25(2)26(30)3)31(21-27-14-6-5-7-15-27)33(38)34-29-17-8-9-18-29/h5-7,10-16,19-20,29,31H,8-9,17-18,21-23H2,1-4H3,(H,34,38)/t31-/m0/s1. The Morgan fingerprint density at radius 1 is 0.902 bits per heavy atom. The van der Waals surface area contributed by atoms with Gasteiger partial charge in [-0.15, -0.1) is 0 Å². The first-order valence-corrected chi connectivity index (χ1v) is 16.1. The summed E-state index contributed by atoms with van der Waals surface area (Å²) in [6.07, 6.45) is 5.41. The first-order valence-electron chi connectivity index (χ1n) is 14.3. The molecule has 218 valence electrons. The lowest BCUT2D eigenvalue weighted by molar-refractivity contribution is -0.140. The Hall–Kier alpha value is -3.65. The largest absolute Gasteiger partial charge is 0.352 e.